The number of rotatable bonds is 7. The normalized spacial score (nSPS) is 12.5. The maximum absolute atomic E-state index is 12.7. The summed E-state index contributed by atoms with van der Waals surface area (Å²) in [5, 5.41) is 2.91. The third-order valence-corrected chi connectivity index (χ3v) is 5.95. The molecule has 0 saturated heterocycles. The Balaban J connectivity index is 2.22. The van der Waals surface area contributed by atoms with Crippen LogP contribution in [0.5, 0.6) is 0 Å². The van der Waals surface area contributed by atoms with E-state index in [-0.39, 0.29) is 18.5 Å². The van der Waals surface area contributed by atoms with E-state index in [2.05, 4.69) is 12.2 Å². The van der Waals surface area contributed by atoms with Gasteiger partial charge >= 0.3 is 0 Å². The third-order valence-electron chi connectivity index (χ3n) is 4.84. The van der Waals surface area contributed by atoms with Crippen molar-refractivity contribution in [3.8, 4) is 0 Å². The SMILES string of the molecule is CCc1ccc([C@@H](C)NC(=O)CN(c2c(C)cc(C)cc2C)S(C)(=O)=O)cc1. The molecule has 0 aromatic heterocycles. The molecule has 0 heterocycles. The lowest BCUT2D eigenvalue weighted by atomic mass is 10.0. The zero-order chi connectivity index (χ0) is 21.1. The van der Waals surface area contributed by atoms with Crippen molar-refractivity contribution in [1.82, 2.24) is 5.32 Å². The predicted octanol–water partition coefficient (Wildman–Crippen LogP) is 3.82. The molecule has 2 aromatic rings. The highest BCUT2D eigenvalue weighted by atomic mass is 32.2. The number of nitrogens with one attached hydrogen (secondary N) is 1. The minimum absolute atomic E-state index is 0.208. The van der Waals surface area contributed by atoms with Gasteiger partial charge in [0.15, 0.2) is 0 Å². The first-order valence-corrected chi connectivity index (χ1v) is 11.3. The fourth-order valence-corrected chi connectivity index (χ4v) is 4.44. The van der Waals surface area contributed by atoms with Crippen molar-refractivity contribution in [3.05, 3.63) is 64.2 Å². The van der Waals surface area contributed by atoms with E-state index in [4.69, 9.17) is 0 Å². The van der Waals surface area contributed by atoms with E-state index < -0.39 is 10.0 Å². The van der Waals surface area contributed by atoms with E-state index in [1.165, 1.54) is 9.87 Å². The Labute approximate surface area is 168 Å². The van der Waals surface area contributed by atoms with Crippen molar-refractivity contribution < 1.29 is 13.2 Å². The molecule has 0 aliphatic carbocycles. The molecule has 1 atom stereocenters. The highest BCUT2D eigenvalue weighted by molar-refractivity contribution is 7.92. The predicted molar refractivity (Wildman–Crippen MR) is 115 cm³/mol. The van der Waals surface area contributed by atoms with Gasteiger partial charge < -0.3 is 5.32 Å². The van der Waals surface area contributed by atoms with Crippen LogP contribution in [0.25, 0.3) is 0 Å². The molecule has 0 bridgehead atoms. The summed E-state index contributed by atoms with van der Waals surface area (Å²) in [6.07, 6.45) is 2.09. The molecule has 1 N–H and O–H groups in total. The molecule has 2 aromatic carbocycles. The molecule has 5 nitrogen and oxygen atoms in total. The van der Waals surface area contributed by atoms with Gasteiger partial charge in [0, 0.05) is 0 Å². The van der Waals surface area contributed by atoms with E-state index in [9.17, 15) is 13.2 Å². The van der Waals surface area contributed by atoms with Crippen molar-refractivity contribution in [1.29, 1.82) is 0 Å². The third kappa shape index (κ3) is 5.35. The first-order chi connectivity index (χ1) is 13.0. The number of carbonyl (C=O) groups is 1. The van der Waals surface area contributed by atoms with Gasteiger partial charge in [-0.25, -0.2) is 8.42 Å². The highest BCUT2D eigenvalue weighted by Gasteiger charge is 2.24. The molecule has 1 amide bonds. The summed E-state index contributed by atoms with van der Waals surface area (Å²) in [6, 6.07) is 11.7. The Hall–Kier alpha value is -2.34. The molecule has 0 radical (unpaired) electrons. The summed E-state index contributed by atoms with van der Waals surface area (Å²) in [5.41, 5.74) is 5.51. The minimum Gasteiger partial charge on any atom is -0.348 e. The lowest BCUT2D eigenvalue weighted by Crippen LogP contribution is -2.41. The van der Waals surface area contributed by atoms with E-state index in [0.717, 1.165) is 34.9 Å². The van der Waals surface area contributed by atoms with E-state index in [1.54, 1.807) is 0 Å². The lowest BCUT2D eigenvalue weighted by molar-refractivity contribution is -0.120. The number of nitrogens with zero attached hydrogens (tertiary/aromatic N) is 1. The number of hydrogen-bond acceptors (Lipinski definition) is 3. The molecule has 0 saturated carbocycles. The Morgan fingerprint density at radius 2 is 1.61 bits per heavy atom. The number of carbonyl (C=O) groups excluding carboxylic acids is 1. The van der Waals surface area contributed by atoms with E-state index in [0.29, 0.717) is 5.69 Å². The van der Waals surface area contributed by atoms with Gasteiger partial charge in [-0.3, -0.25) is 9.10 Å². The van der Waals surface area contributed by atoms with Crippen LogP contribution in [0.3, 0.4) is 0 Å². The van der Waals surface area contributed by atoms with Gasteiger partial charge in [-0.2, -0.15) is 0 Å². The van der Waals surface area contributed by atoms with E-state index >= 15 is 0 Å². The molecular weight excluding hydrogens is 372 g/mol. The van der Waals surface area contributed by atoms with Crippen LogP contribution >= 0.6 is 0 Å². The maximum atomic E-state index is 12.7. The molecule has 0 aliphatic heterocycles. The molecule has 0 aliphatic rings. The van der Waals surface area contributed by atoms with Crippen LogP contribution in [0.2, 0.25) is 0 Å². The van der Waals surface area contributed by atoms with Crippen molar-refractivity contribution in [2.45, 2.75) is 47.1 Å². The maximum Gasteiger partial charge on any atom is 0.241 e. The van der Waals surface area contributed by atoms with Crippen molar-refractivity contribution in [2.75, 3.05) is 17.1 Å². The fourth-order valence-electron chi connectivity index (χ4n) is 3.47. The number of anilines is 1. The van der Waals surface area contributed by atoms with Crippen LogP contribution in [0, 0.1) is 20.8 Å². The molecule has 0 spiro atoms. The zero-order valence-corrected chi connectivity index (χ0v) is 18.4. The Morgan fingerprint density at radius 1 is 1.07 bits per heavy atom. The minimum atomic E-state index is -3.61. The van der Waals surface area contributed by atoms with Gasteiger partial charge in [0.05, 0.1) is 18.0 Å². The molecule has 0 unspecified atom stereocenters. The summed E-state index contributed by atoms with van der Waals surface area (Å²) < 4.78 is 26.1. The second-order valence-electron chi connectivity index (χ2n) is 7.40. The second-order valence-corrected chi connectivity index (χ2v) is 9.31. The van der Waals surface area contributed by atoms with Gasteiger partial charge in [0.1, 0.15) is 6.54 Å². The van der Waals surface area contributed by atoms with Gasteiger partial charge in [-0.1, -0.05) is 48.9 Å². The summed E-state index contributed by atoms with van der Waals surface area (Å²) in [7, 11) is -3.61. The number of hydrogen-bond donors (Lipinski definition) is 1. The number of amides is 1. The average Bonchev–Trinajstić information content (AvgIpc) is 2.59. The van der Waals surface area contributed by atoms with Gasteiger partial charge in [-0.05, 0) is 56.4 Å². The Kier molecular flexibility index (Phi) is 6.88. The standard InChI is InChI=1S/C22H30N2O3S/c1-7-19-8-10-20(11-9-19)18(5)23-21(25)14-24(28(6,26)27)22-16(3)12-15(2)13-17(22)4/h8-13,18H,7,14H2,1-6H3,(H,23,25)/t18-/m1/s1. The summed E-state index contributed by atoms with van der Waals surface area (Å²) in [6.45, 7) is 9.43. The summed E-state index contributed by atoms with van der Waals surface area (Å²) >= 11 is 0. The average molecular weight is 403 g/mol. The molecular formula is C22H30N2O3S. The smallest absolute Gasteiger partial charge is 0.241 e. The second kappa shape index (κ2) is 8.78. The zero-order valence-electron chi connectivity index (χ0n) is 17.5. The van der Waals surface area contributed by atoms with E-state index in [1.807, 2.05) is 64.1 Å². The summed E-state index contributed by atoms with van der Waals surface area (Å²) in [4.78, 5) is 12.7. The number of aryl methyl sites for hydroxylation is 4. The van der Waals surface area contributed by atoms with Crippen LogP contribution in [-0.2, 0) is 21.2 Å². The molecule has 2 rings (SSSR count). The lowest BCUT2D eigenvalue weighted by Gasteiger charge is -2.26. The molecule has 6 heteroatoms. The Morgan fingerprint density at radius 3 is 2.07 bits per heavy atom. The van der Waals surface area contributed by atoms with Crippen LogP contribution in [0.1, 0.15) is 47.7 Å². The summed E-state index contributed by atoms with van der Waals surface area (Å²) in [5.74, 6) is -0.336. The van der Waals surface area contributed by atoms with Crippen molar-refractivity contribution in [3.63, 3.8) is 0 Å². The monoisotopic (exact) mass is 402 g/mol. The number of sulfonamides is 1. The van der Waals surface area contributed by atoms with Crippen molar-refractivity contribution in [2.24, 2.45) is 0 Å². The first-order valence-electron chi connectivity index (χ1n) is 9.46. The molecule has 28 heavy (non-hydrogen) atoms. The Bertz CT molecular complexity index is 927. The first kappa shape index (κ1) is 22.0. The van der Waals surface area contributed by atoms with Crippen LogP contribution < -0.4 is 9.62 Å². The fraction of sp³-hybridized carbons (Fsp3) is 0.409. The van der Waals surface area contributed by atoms with Crippen molar-refractivity contribution >= 4 is 21.6 Å². The topological polar surface area (TPSA) is 66.5 Å². The van der Waals surface area contributed by atoms with Gasteiger partial charge in [0.25, 0.3) is 0 Å². The van der Waals surface area contributed by atoms with Crippen LogP contribution in [-0.4, -0.2) is 27.1 Å². The molecule has 152 valence electrons. The van der Waals surface area contributed by atoms with Gasteiger partial charge in [0.2, 0.25) is 15.9 Å². The van der Waals surface area contributed by atoms with Gasteiger partial charge in [-0.15, -0.1) is 0 Å². The quantitative estimate of drug-likeness (QED) is 0.766. The van der Waals surface area contributed by atoms with Crippen LogP contribution in [0.15, 0.2) is 36.4 Å². The highest BCUT2D eigenvalue weighted by Crippen LogP contribution is 2.28. The number of benzene rings is 2. The largest absolute Gasteiger partial charge is 0.348 e. The molecule has 0 fully saturated rings. The van der Waals surface area contributed by atoms with Crippen LogP contribution in [0.4, 0.5) is 5.69 Å².